The number of hydrogen-bond acceptors (Lipinski definition) is 2. The van der Waals surface area contributed by atoms with Gasteiger partial charge in [-0.15, -0.1) is 0 Å². The van der Waals surface area contributed by atoms with Crippen LogP contribution in [0.15, 0.2) is 36.4 Å². The summed E-state index contributed by atoms with van der Waals surface area (Å²) < 4.78 is 0. The molecular formula is C16H20N2O. The highest BCUT2D eigenvalue weighted by Gasteiger charge is 2.27. The molecule has 1 aliphatic heterocycles. The molecule has 2 unspecified atom stereocenters. The van der Waals surface area contributed by atoms with Crippen LogP contribution in [0.2, 0.25) is 0 Å². The van der Waals surface area contributed by atoms with E-state index < -0.39 is 0 Å². The number of amides is 1. The van der Waals surface area contributed by atoms with Gasteiger partial charge >= 0.3 is 0 Å². The number of nitrogens with one attached hydrogen (secondary N) is 2. The van der Waals surface area contributed by atoms with Crippen molar-refractivity contribution in [1.29, 1.82) is 0 Å². The van der Waals surface area contributed by atoms with Crippen molar-refractivity contribution in [1.82, 2.24) is 10.6 Å². The summed E-state index contributed by atoms with van der Waals surface area (Å²) >= 11 is 0. The number of rotatable bonds is 2. The second kappa shape index (κ2) is 5.57. The normalized spacial score (nSPS) is 25.7. The molecule has 0 saturated heterocycles. The predicted octanol–water partition coefficient (Wildman–Crippen LogP) is 2.10. The van der Waals surface area contributed by atoms with Crippen molar-refractivity contribution in [2.75, 3.05) is 6.54 Å². The van der Waals surface area contributed by atoms with Gasteiger partial charge in [-0.25, -0.2) is 0 Å². The molecule has 0 radical (unpaired) electrons. The lowest BCUT2D eigenvalue weighted by molar-refractivity contribution is -0.124. The highest BCUT2D eigenvalue weighted by molar-refractivity contribution is 5.84. The standard InChI is InChI=1S/C16H20N2O/c19-16(18-13-7-2-1-3-8-13)15-14-9-5-4-6-12(14)10-11-17-15/h1-2,4-6,9,13,15,17H,3,7-8,10-11H2,(H,18,19). The average molecular weight is 256 g/mol. The van der Waals surface area contributed by atoms with Crippen molar-refractivity contribution in [3.05, 3.63) is 47.5 Å². The number of carbonyl (C=O) groups excluding carboxylic acids is 1. The number of benzene rings is 1. The van der Waals surface area contributed by atoms with Crippen molar-refractivity contribution < 1.29 is 4.79 Å². The predicted molar refractivity (Wildman–Crippen MR) is 75.8 cm³/mol. The van der Waals surface area contributed by atoms with E-state index in [9.17, 15) is 4.79 Å². The highest BCUT2D eigenvalue weighted by atomic mass is 16.2. The van der Waals surface area contributed by atoms with Gasteiger partial charge in [-0.3, -0.25) is 4.79 Å². The highest BCUT2D eigenvalue weighted by Crippen LogP contribution is 2.23. The third kappa shape index (κ3) is 2.71. The van der Waals surface area contributed by atoms with Gasteiger partial charge in [0.25, 0.3) is 0 Å². The van der Waals surface area contributed by atoms with Gasteiger partial charge in [-0.1, -0.05) is 36.4 Å². The summed E-state index contributed by atoms with van der Waals surface area (Å²) in [6.45, 7) is 0.875. The van der Waals surface area contributed by atoms with Crippen molar-refractivity contribution in [3.63, 3.8) is 0 Å². The fourth-order valence-corrected chi connectivity index (χ4v) is 2.95. The molecule has 1 amide bonds. The second-order valence-electron chi connectivity index (χ2n) is 5.33. The van der Waals surface area contributed by atoms with Crippen molar-refractivity contribution in [2.24, 2.45) is 0 Å². The molecule has 2 aliphatic rings. The van der Waals surface area contributed by atoms with Crippen molar-refractivity contribution in [2.45, 2.75) is 37.8 Å². The van der Waals surface area contributed by atoms with Crippen molar-refractivity contribution in [3.8, 4) is 0 Å². The quantitative estimate of drug-likeness (QED) is 0.796. The second-order valence-corrected chi connectivity index (χ2v) is 5.33. The topological polar surface area (TPSA) is 41.1 Å². The minimum absolute atomic E-state index is 0.118. The van der Waals surface area contributed by atoms with Crippen LogP contribution in [0.4, 0.5) is 0 Å². The van der Waals surface area contributed by atoms with Gasteiger partial charge in [0.05, 0.1) is 0 Å². The first kappa shape index (κ1) is 12.4. The first-order chi connectivity index (χ1) is 9.34. The lowest BCUT2D eigenvalue weighted by Crippen LogP contribution is -2.45. The smallest absolute Gasteiger partial charge is 0.241 e. The fraction of sp³-hybridized carbons (Fsp3) is 0.438. The van der Waals surface area contributed by atoms with Gasteiger partial charge in [0.1, 0.15) is 6.04 Å². The van der Waals surface area contributed by atoms with E-state index >= 15 is 0 Å². The Hall–Kier alpha value is -1.61. The number of hydrogen-bond donors (Lipinski definition) is 2. The van der Waals surface area contributed by atoms with Crippen LogP contribution in [0.3, 0.4) is 0 Å². The molecular weight excluding hydrogens is 236 g/mol. The van der Waals surface area contributed by atoms with E-state index in [-0.39, 0.29) is 11.9 Å². The molecule has 100 valence electrons. The zero-order chi connectivity index (χ0) is 13.1. The van der Waals surface area contributed by atoms with Crippen LogP contribution in [0.25, 0.3) is 0 Å². The molecule has 3 rings (SSSR count). The molecule has 0 spiro atoms. The minimum atomic E-state index is -0.184. The molecule has 0 saturated carbocycles. The number of carbonyl (C=O) groups is 1. The lowest BCUT2D eigenvalue weighted by Gasteiger charge is -2.28. The molecule has 1 aromatic rings. The van der Waals surface area contributed by atoms with Crippen LogP contribution in [0.5, 0.6) is 0 Å². The van der Waals surface area contributed by atoms with Crippen LogP contribution in [0, 0.1) is 0 Å². The Morgan fingerprint density at radius 1 is 1.26 bits per heavy atom. The van der Waals surface area contributed by atoms with E-state index in [0.717, 1.165) is 37.8 Å². The Kier molecular flexibility index (Phi) is 3.65. The van der Waals surface area contributed by atoms with Crippen molar-refractivity contribution >= 4 is 5.91 Å². The molecule has 1 aromatic carbocycles. The minimum Gasteiger partial charge on any atom is -0.351 e. The van der Waals surface area contributed by atoms with Crippen LogP contribution in [-0.4, -0.2) is 18.5 Å². The fourth-order valence-electron chi connectivity index (χ4n) is 2.95. The van der Waals surface area contributed by atoms with Crippen LogP contribution in [-0.2, 0) is 11.2 Å². The molecule has 0 fully saturated rings. The maximum absolute atomic E-state index is 12.4. The van der Waals surface area contributed by atoms with Crippen LogP contribution in [0.1, 0.15) is 36.4 Å². The first-order valence-electron chi connectivity index (χ1n) is 7.11. The number of allylic oxidation sites excluding steroid dienone is 1. The molecule has 3 nitrogen and oxygen atoms in total. The van der Waals surface area contributed by atoms with E-state index in [2.05, 4.69) is 34.9 Å². The Bertz CT molecular complexity index is 495. The lowest BCUT2D eigenvalue weighted by atomic mass is 9.93. The number of fused-ring (bicyclic) bond motifs is 1. The summed E-state index contributed by atoms with van der Waals surface area (Å²) in [7, 11) is 0. The summed E-state index contributed by atoms with van der Waals surface area (Å²) in [6, 6.07) is 8.36. The molecule has 0 bridgehead atoms. The molecule has 2 atom stereocenters. The van der Waals surface area contributed by atoms with E-state index in [4.69, 9.17) is 0 Å². The van der Waals surface area contributed by atoms with Crippen LogP contribution >= 0.6 is 0 Å². The zero-order valence-electron chi connectivity index (χ0n) is 11.1. The summed E-state index contributed by atoms with van der Waals surface area (Å²) in [5.41, 5.74) is 2.43. The first-order valence-corrected chi connectivity index (χ1v) is 7.11. The third-order valence-corrected chi connectivity index (χ3v) is 3.99. The summed E-state index contributed by atoms with van der Waals surface area (Å²) in [6.07, 6.45) is 8.44. The molecule has 19 heavy (non-hydrogen) atoms. The monoisotopic (exact) mass is 256 g/mol. The van der Waals surface area contributed by atoms with Gasteiger partial charge < -0.3 is 10.6 Å². The van der Waals surface area contributed by atoms with E-state index in [1.54, 1.807) is 0 Å². The Morgan fingerprint density at radius 3 is 3.00 bits per heavy atom. The Balaban J connectivity index is 1.72. The molecule has 0 aromatic heterocycles. The molecule has 2 N–H and O–H groups in total. The van der Waals surface area contributed by atoms with Gasteiger partial charge in [0.2, 0.25) is 5.91 Å². The zero-order valence-corrected chi connectivity index (χ0v) is 11.1. The summed E-state index contributed by atoms with van der Waals surface area (Å²) in [5, 5.41) is 6.51. The molecule has 1 aliphatic carbocycles. The maximum atomic E-state index is 12.4. The third-order valence-electron chi connectivity index (χ3n) is 3.99. The molecule has 1 heterocycles. The van der Waals surface area contributed by atoms with E-state index in [1.165, 1.54) is 5.56 Å². The van der Waals surface area contributed by atoms with Gasteiger partial charge in [0, 0.05) is 12.6 Å². The Labute approximate surface area is 114 Å². The van der Waals surface area contributed by atoms with Gasteiger partial charge in [-0.05, 0) is 36.8 Å². The summed E-state index contributed by atoms with van der Waals surface area (Å²) in [4.78, 5) is 12.4. The van der Waals surface area contributed by atoms with Gasteiger partial charge in [0.15, 0.2) is 0 Å². The summed E-state index contributed by atoms with van der Waals surface area (Å²) in [5.74, 6) is 0.118. The maximum Gasteiger partial charge on any atom is 0.241 e. The van der Waals surface area contributed by atoms with E-state index in [0.29, 0.717) is 6.04 Å². The largest absolute Gasteiger partial charge is 0.351 e. The molecule has 3 heteroatoms. The van der Waals surface area contributed by atoms with E-state index in [1.807, 2.05) is 12.1 Å². The van der Waals surface area contributed by atoms with Crippen LogP contribution < -0.4 is 10.6 Å². The SMILES string of the molecule is O=C(NC1CC=CCC1)C1NCCc2ccccc21. The van der Waals surface area contributed by atoms with Gasteiger partial charge in [-0.2, -0.15) is 0 Å². The average Bonchev–Trinajstić information content (AvgIpc) is 2.47. The Morgan fingerprint density at radius 2 is 2.16 bits per heavy atom.